The molecule has 0 saturated heterocycles. The molecule has 0 fully saturated rings. The van der Waals surface area contributed by atoms with E-state index in [1.807, 2.05) is 18.2 Å². The molecule has 0 aromatic carbocycles. The zero-order valence-corrected chi connectivity index (χ0v) is 12.6. The SMILES string of the molecule is C#CC=CCCCC#CC#CC=CCCCCC=CC#C. The van der Waals surface area contributed by atoms with Crippen LogP contribution in [0.2, 0.25) is 0 Å². The Morgan fingerprint density at radius 2 is 1.24 bits per heavy atom. The van der Waals surface area contributed by atoms with Crippen molar-refractivity contribution >= 4 is 0 Å². The van der Waals surface area contributed by atoms with Crippen molar-refractivity contribution in [1.29, 1.82) is 0 Å². The Morgan fingerprint density at radius 3 is 1.86 bits per heavy atom. The summed E-state index contributed by atoms with van der Waals surface area (Å²) in [5.74, 6) is 16.6. The summed E-state index contributed by atoms with van der Waals surface area (Å²) >= 11 is 0. The molecule has 0 aliphatic carbocycles. The third-order valence-corrected chi connectivity index (χ3v) is 2.52. The molecule has 0 amide bonds. The van der Waals surface area contributed by atoms with E-state index in [-0.39, 0.29) is 0 Å². The highest BCUT2D eigenvalue weighted by Gasteiger charge is 1.82. The molecule has 0 unspecified atom stereocenters. The molecule has 21 heavy (non-hydrogen) atoms. The van der Waals surface area contributed by atoms with Gasteiger partial charge in [0.05, 0.1) is 0 Å². The summed E-state index contributed by atoms with van der Waals surface area (Å²) in [5, 5.41) is 0. The predicted octanol–water partition coefficient (Wildman–Crippen LogP) is 4.66. The molecule has 0 bridgehead atoms. The Kier molecular flexibility index (Phi) is 15.3. The molecule has 0 aliphatic rings. The number of hydrogen-bond donors (Lipinski definition) is 0. The van der Waals surface area contributed by atoms with E-state index in [2.05, 4.69) is 41.6 Å². The average Bonchev–Trinajstić information content (AvgIpc) is 2.50. The summed E-state index contributed by atoms with van der Waals surface area (Å²) in [7, 11) is 0. The van der Waals surface area contributed by atoms with Crippen LogP contribution in [0.25, 0.3) is 0 Å². The van der Waals surface area contributed by atoms with E-state index in [1.54, 1.807) is 12.2 Å². The molecule has 0 spiro atoms. The number of unbranched alkanes of at least 4 members (excludes halogenated alkanes) is 5. The highest BCUT2D eigenvalue weighted by atomic mass is 13.9. The topological polar surface area (TPSA) is 0 Å². The molecule has 0 aromatic rings. The van der Waals surface area contributed by atoms with Crippen molar-refractivity contribution in [3.05, 3.63) is 36.5 Å². The van der Waals surface area contributed by atoms with Crippen molar-refractivity contribution in [2.45, 2.75) is 44.9 Å². The molecule has 0 heteroatoms. The zero-order valence-electron chi connectivity index (χ0n) is 12.6. The van der Waals surface area contributed by atoms with E-state index in [0.29, 0.717) is 0 Å². The van der Waals surface area contributed by atoms with E-state index in [4.69, 9.17) is 12.8 Å². The predicted molar refractivity (Wildman–Crippen MR) is 93.0 cm³/mol. The lowest BCUT2D eigenvalue weighted by Crippen LogP contribution is -1.71. The van der Waals surface area contributed by atoms with Gasteiger partial charge in [0.15, 0.2) is 0 Å². The molecule has 0 rings (SSSR count). The lowest BCUT2D eigenvalue weighted by Gasteiger charge is -1.90. The number of rotatable bonds is 8. The van der Waals surface area contributed by atoms with Crippen LogP contribution in [0, 0.1) is 48.4 Å². The summed E-state index contributed by atoms with van der Waals surface area (Å²) in [6.45, 7) is 0. The van der Waals surface area contributed by atoms with Gasteiger partial charge in [-0.05, 0) is 68.6 Å². The monoisotopic (exact) mass is 274 g/mol. The second kappa shape index (κ2) is 17.5. The molecule has 0 saturated carbocycles. The van der Waals surface area contributed by atoms with Gasteiger partial charge in [-0.25, -0.2) is 0 Å². The van der Waals surface area contributed by atoms with Gasteiger partial charge in [0, 0.05) is 6.42 Å². The second-order valence-corrected chi connectivity index (χ2v) is 4.29. The van der Waals surface area contributed by atoms with Crippen LogP contribution in [-0.4, -0.2) is 0 Å². The highest BCUT2D eigenvalue weighted by molar-refractivity contribution is 5.30. The first kappa shape index (κ1) is 18.5. The van der Waals surface area contributed by atoms with Crippen LogP contribution in [0.5, 0.6) is 0 Å². The third kappa shape index (κ3) is 17.5. The Labute approximate surface area is 130 Å². The minimum absolute atomic E-state index is 0.860. The van der Waals surface area contributed by atoms with E-state index >= 15 is 0 Å². The minimum atomic E-state index is 0.860. The molecule has 0 heterocycles. The standard InChI is InChI=1S/C21H22/c1-3-5-7-9-11-13-15-17-19-21-20-18-16-14-12-10-8-6-4-2/h1-2,5-8,17,19H,9-15H2. The lowest BCUT2D eigenvalue weighted by molar-refractivity contribution is 0.762. The van der Waals surface area contributed by atoms with Crippen molar-refractivity contribution in [3.63, 3.8) is 0 Å². The van der Waals surface area contributed by atoms with E-state index < -0.39 is 0 Å². The van der Waals surface area contributed by atoms with Gasteiger partial charge in [0.25, 0.3) is 0 Å². The molecule has 0 atom stereocenters. The summed E-state index contributed by atoms with van der Waals surface area (Å²) in [4.78, 5) is 0. The molecule has 106 valence electrons. The van der Waals surface area contributed by atoms with Gasteiger partial charge in [-0.15, -0.1) is 12.8 Å². The average molecular weight is 274 g/mol. The smallest absolute Gasteiger partial charge is 0.0102 e. The normalized spacial score (nSPS) is 9.81. The largest absolute Gasteiger partial charge is 0.115 e. The molecule has 0 N–H and O–H groups in total. The third-order valence-electron chi connectivity index (χ3n) is 2.52. The Bertz CT molecular complexity index is 533. The Hall–Kier alpha value is -2.54. The number of hydrogen-bond acceptors (Lipinski definition) is 0. The van der Waals surface area contributed by atoms with E-state index in [9.17, 15) is 0 Å². The molecule has 0 radical (unpaired) electrons. The van der Waals surface area contributed by atoms with Gasteiger partial charge in [-0.1, -0.05) is 41.9 Å². The highest BCUT2D eigenvalue weighted by Crippen LogP contribution is 2.01. The quantitative estimate of drug-likeness (QED) is 0.446. The van der Waals surface area contributed by atoms with Crippen LogP contribution in [0.4, 0.5) is 0 Å². The fraction of sp³-hybridized carbons (Fsp3) is 0.333. The van der Waals surface area contributed by atoms with Crippen LogP contribution in [-0.2, 0) is 0 Å². The van der Waals surface area contributed by atoms with Crippen molar-refractivity contribution in [1.82, 2.24) is 0 Å². The molecule has 0 aromatic heterocycles. The molecule has 0 aliphatic heterocycles. The summed E-state index contributed by atoms with van der Waals surface area (Å²) in [5.41, 5.74) is 0. The Morgan fingerprint density at radius 1 is 0.667 bits per heavy atom. The van der Waals surface area contributed by atoms with Crippen molar-refractivity contribution in [2.75, 3.05) is 0 Å². The van der Waals surface area contributed by atoms with E-state index in [1.165, 1.54) is 0 Å². The molecular formula is C21H22. The number of allylic oxidation sites excluding steroid dienone is 6. The maximum absolute atomic E-state index is 5.11. The summed E-state index contributed by atoms with van der Waals surface area (Å²) in [6, 6.07) is 0. The lowest BCUT2D eigenvalue weighted by atomic mass is 10.2. The fourth-order valence-corrected chi connectivity index (χ4v) is 1.46. The van der Waals surface area contributed by atoms with Gasteiger partial charge >= 0.3 is 0 Å². The van der Waals surface area contributed by atoms with Crippen LogP contribution in [0.15, 0.2) is 36.5 Å². The van der Waals surface area contributed by atoms with Gasteiger partial charge in [0.1, 0.15) is 0 Å². The first-order valence-corrected chi connectivity index (χ1v) is 7.27. The minimum Gasteiger partial charge on any atom is -0.115 e. The van der Waals surface area contributed by atoms with Crippen LogP contribution >= 0.6 is 0 Å². The maximum Gasteiger partial charge on any atom is 0.0102 e. The van der Waals surface area contributed by atoms with Gasteiger partial charge in [0.2, 0.25) is 0 Å². The maximum atomic E-state index is 5.11. The second-order valence-electron chi connectivity index (χ2n) is 4.29. The van der Waals surface area contributed by atoms with E-state index in [0.717, 1.165) is 44.9 Å². The fourth-order valence-electron chi connectivity index (χ4n) is 1.46. The summed E-state index contributed by atoms with van der Waals surface area (Å²) in [6.07, 6.45) is 28.9. The van der Waals surface area contributed by atoms with Gasteiger partial charge < -0.3 is 0 Å². The molecule has 0 nitrogen and oxygen atoms in total. The van der Waals surface area contributed by atoms with Crippen LogP contribution in [0.1, 0.15) is 44.9 Å². The molecular weight excluding hydrogens is 252 g/mol. The zero-order chi connectivity index (χ0) is 15.4. The first-order chi connectivity index (χ1) is 10.4. The van der Waals surface area contributed by atoms with Crippen molar-refractivity contribution in [2.24, 2.45) is 0 Å². The van der Waals surface area contributed by atoms with Gasteiger partial charge in [-0.3, -0.25) is 0 Å². The van der Waals surface area contributed by atoms with Gasteiger partial charge in [-0.2, -0.15) is 0 Å². The van der Waals surface area contributed by atoms with Crippen LogP contribution < -0.4 is 0 Å². The number of terminal acetylenes is 2. The van der Waals surface area contributed by atoms with Crippen LogP contribution in [0.3, 0.4) is 0 Å². The first-order valence-electron chi connectivity index (χ1n) is 7.27. The van der Waals surface area contributed by atoms with Crippen molar-refractivity contribution in [3.8, 4) is 48.4 Å². The Balaban J connectivity index is 3.54. The van der Waals surface area contributed by atoms with Crippen molar-refractivity contribution < 1.29 is 0 Å². The summed E-state index contributed by atoms with van der Waals surface area (Å²) < 4.78 is 0.